The van der Waals surface area contributed by atoms with Gasteiger partial charge in [-0.05, 0) is 30.7 Å². The van der Waals surface area contributed by atoms with Gasteiger partial charge in [0.15, 0.2) is 0 Å². The molecule has 0 aliphatic carbocycles. The lowest BCUT2D eigenvalue weighted by Gasteiger charge is -2.15. The summed E-state index contributed by atoms with van der Waals surface area (Å²) >= 11 is 5.94. The number of nitrogens with one attached hydrogen (secondary N) is 1. The maximum Gasteiger partial charge on any atom is 0.0437 e. The van der Waals surface area contributed by atoms with Gasteiger partial charge >= 0.3 is 0 Å². The van der Waals surface area contributed by atoms with Gasteiger partial charge < -0.3 is 5.32 Å². The summed E-state index contributed by atoms with van der Waals surface area (Å²) in [6.07, 6.45) is 0.990. The Labute approximate surface area is 97.5 Å². The normalized spacial score (nSPS) is 27.3. The Morgan fingerprint density at radius 3 is 3.13 bits per heavy atom. The van der Waals surface area contributed by atoms with Crippen molar-refractivity contribution >= 4 is 22.4 Å². The van der Waals surface area contributed by atoms with Gasteiger partial charge in [-0.2, -0.15) is 0 Å². The van der Waals surface area contributed by atoms with E-state index in [2.05, 4.69) is 5.32 Å². The molecule has 2 nitrogen and oxygen atoms in total. The molecule has 0 saturated carbocycles. The molecule has 0 aromatic heterocycles. The van der Waals surface area contributed by atoms with Gasteiger partial charge in [-0.1, -0.05) is 23.7 Å². The summed E-state index contributed by atoms with van der Waals surface area (Å²) in [5.74, 6) is 1.50. The zero-order valence-corrected chi connectivity index (χ0v) is 9.98. The summed E-state index contributed by atoms with van der Waals surface area (Å²) in [4.78, 5) is 0. The summed E-state index contributed by atoms with van der Waals surface area (Å²) in [6, 6.07) is 7.96. The molecule has 1 fully saturated rings. The Kier molecular flexibility index (Phi) is 3.78. The molecule has 0 amide bonds. The van der Waals surface area contributed by atoms with E-state index in [1.807, 2.05) is 24.3 Å². The predicted octanol–water partition coefficient (Wildman–Crippen LogP) is 2.12. The summed E-state index contributed by atoms with van der Waals surface area (Å²) in [6.45, 7) is 0.933. The Morgan fingerprint density at radius 1 is 1.47 bits per heavy atom. The Morgan fingerprint density at radius 2 is 2.33 bits per heavy atom. The Hall–Kier alpha value is -0.380. The SMILES string of the molecule is O=S1CCCNC(c2cccc(Cl)c2)C1. The van der Waals surface area contributed by atoms with Gasteiger partial charge in [0.05, 0.1) is 0 Å². The lowest BCUT2D eigenvalue weighted by atomic mass is 10.1. The van der Waals surface area contributed by atoms with Crippen LogP contribution in [0.3, 0.4) is 0 Å². The molecule has 0 spiro atoms. The number of benzene rings is 1. The highest BCUT2D eigenvalue weighted by molar-refractivity contribution is 7.85. The fraction of sp³-hybridized carbons (Fsp3) is 0.455. The number of hydrogen-bond donors (Lipinski definition) is 1. The Bertz CT molecular complexity index is 369. The van der Waals surface area contributed by atoms with E-state index in [0.29, 0.717) is 5.75 Å². The van der Waals surface area contributed by atoms with Crippen LogP contribution in [0.15, 0.2) is 24.3 Å². The van der Waals surface area contributed by atoms with Gasteiger partial charge in [-0.25, -0.2) is 0 Å². The highest BCUT2D eigenvalue weighted by atomic mass is 35.5. The van der Waals surface area contributed by atoms with Crippen molar-refractivity contribution in [1.82, 2.24) is 5.32 Å². The molecule has 1 aliphatic rings. The molecule has 1 aromatic carbocycles. The number of rotatable bonds is 1. The summed E-state index contributed by atoms with van der Waals surface area (Å²) in [5.41, 5.74) is 1.14. The first-order valence-electron chi connectivity index (χ1n) is 5.09. The molecule has 1 aromatic rings. The van der Waals surface area contributed by atoms with Crippen molar-refractivity contribution in [3.8, 4) is 0 Å². The van der Waals surface area contributed by atoms with E-state index in [1.54, 1.807) is 0 Å². The predicted molar refractivity (Wildman–Crippen MR) is 64.7 cm³/mol. The van der Waals surface area contributed by atoms with Crippen molar-refractivity contribution in [2.45, 2.75) is 12.5 Å². The van der Waals surface area contributed by atoms with Crippen molar-refractivity contribution in [3.63, 3.8) is 0 Å². The highest BCUT2D eigenvalue weighted by Crippen LogP contribution is 2.20. The van der Waals surface area contributed by atoms with E-state index in [0.717, 1.165) is 29.3 Å². The Balaban J connectivity index is 2.18. The fourth-order valence-corrected chi connectivity index (χ4v) is 3.29. The van der Waals surface area contributed by atoms with E-state index >= 15 is 0 Å². The lowest BCUT2D eigenvalue weighted by Crippen LogP contribution is -2.23. The molecular weight excluding hydrogens is 230 g/mol. The maximum absolute atomic E-state index is 11.6. The molecule has 2 unspecified atom stereocenters. The van der Waals surface area contributed by atoms with Crippen LogP contribution in [0, 0.1) is 0 Å². The highest BCUT2D eigenvalue weighted by Gasteiger charge is 2.17. The average Bonchev–Trinajstić information content (AvgIpc) is 2.43. The van der Waals surface area contributed by atoms with Crippen molar-refractivity contribution in [3.05, 3.63) is 34.9 Å². The molecule has 1 N–H and O–H groups in total. The first kappa shape index (κ1) is 11.1. The molecule has 2 atom stereocenters. The van der Waals surface area contributed by atoms with Gasteiger partial charge in [0, 0.05) is 33.4 Å². The molecular formula is C11H14ClNOS. The molecule has 82 valence electrons. The summed E-state index contributed by atoms with van der Waals surface area (Å²) in [7, 11) is -0.700. The van der Waals surface area contributed by atoms with Crippen LogP contribution in [0.1, 0.15) is 18.0 Å². The molecule has 4 heteroatoms. The monoisotopic (exact) mass is 243 g/mol. The van der Waals surface area contributed by atoms with Crippen LogP contribution < -0.4 is 5.32 Å². The molecule has 1 saturated heterocycles. The summed E-state index contributed by atoms with van der Waals surface area (Å²) in [5, 5.41) is 4.14. The molecule has 0 bridgehead atoms. The fourth-order valence-electron chi connectivity index (χ4n) is 1.78. The largest absolute Gasteiger partial charge is 0.309 e. The van der Waals surface area contributed by atoms with Gasteiger partial charge in [0.25, 0.3) is 0 Å². The molecule has 15 heavy (non-hydrogen) atoms. The topological polar surface area (TPSA) is 29.1 Å². The standard InChI is InChI=1S/C11H14ClNOS/c12-10-4-1-3-9(7-10)11-8-15(14)6-2-5-13-11/h1,3-4,7,11,13H,2,5-6,8H2. The summed E-state index contributed by atoms with van der Waals surface area (Å²) < 4.78 is 11.6. The average molecular weight is 244 g/mol. The van der Waals surface area contributed by atoms with E-state index in [1.165, 1.54) is 0 Å². The van der Waals surface area contributed by atoms with Gasteiger partial charge in [-0.15, -0.1) is 0 Å². The number of hydrogen-bond acceptors (Lipinski definition) is 2. The second-order valence-corrected chi connectivity index (χ2v) is 5.78. The van der Waals surface area contributed by atoms with Crippen LogP contribution in [0.2, 0.25) is 5.02 Å². The van der Waals surface area contributed by atoms with Crippen molar-refractivity contribution in [2.24, 2.45) is 0 Å². The van der Waals surface area contributed by atoms with Crippen LogP contribution in [-0.4, -0.2) is 22.3 Å². The second-order valence-electron chi connectivity index (χ2n) is 3.73. The minimum absolute atomic E-state index is 0.187. The van der Waals surface area contributed by atoms with Crippen LogP contribution in [0.25, 0.3) is 0 Å². The zero-order valence-electron chi connectivity index (χ0n) is 8.41. The van der Waals surface area contributed by atoms with Crippen LogP contribution in [0.5, 0.6) is 0 Å². The van der Waals surface area contributed by atoms with Crippen molar-refractivity contribution in [1.29, 1.82) is 0 Å². The van der Waals surface area contributed by atoms with E-state index in [-0.39, 0.29) is 6.04 Å². The number of halogens is 1. The van der Waals surface area contributed by atoms with Crippen LogP contribution in [-0.2, 0) is 10.8 Å². The third-order valence-corrected chi connectivity index (χ3v) is 4.23. The minimum Gasteiger partial charge on any atom is -0.309 e. The van der Waals surface area contributed by atoms with Gasteiger partial charge in [-0.3, -0.25) is 4.21 Å². The zero-order chi connectivity index (χ0) is 10.7. The van der Waals surface area contributed by atoms with E-state index < -0.39 is 10.8 Å². The minimum atomic E-state index is -0.700. The van der Waals surface area contributed by atoms with Gasteiger partial charge in [0.2, 0.25) is 0 Å². The van der Waals surface area contributed by atoms with E-state index in [9.17, 15) is 4.21 Å². The molecule has 1 heterocycles. The van der Waals surface area contributed by atoms with Crippen molar-refractivity contribution < 1.29 is 4.21 Å². The first-order chi connectivity index (χ1) is 7.25. The first-order valence-corrected chi connectivity index (χ1v) is 6.96. The van der Waals surface area contributed by atoms with E-state index in [4.69, 9.17) is 11.6 Å². The van der Waals surface area contributed by atoms with Crippen molar-refractivity contribution in [2.75, 3.05) is 18.1 Å². The van der Waals surface area contributed by atoms with Crippen LogP contribution in [0.4, 0.5) is 0 Å². The third kappa shape index (κ3) is 3.03. The quantitative estimate of drug-likeness (QED) is 0.819. The second kappa shape index (κ2) is 5.10. The molecule has 2 rings (SSSR count). The van der Waals surface area contributed by atoms with Gasteiger partial charge in [0.1, 0.15) is 0 Å². The smallest absolute Gasteiger partial charge is 0.0437 e. The molecule has 1 aliphatic heterocycles. The van der Waals surface area contributed by atoms with Crippen LogP contribution >= 0.6 is 11.6 Å². The molecule has 0 radical (unpaired) electrons. The maximum atomic E-state index is 11.6. The lowest BCUT2D eigenvalue weighted by molar-refractivity contribution is 0.587. The third-order valence-electron chi connectivity index (χ3n) is 2.54.